The van der Waals surface area contributed by atoms with Crippen LogP contribution in [0.2, 0.25) is 0 Å². The molecule has 1 heterocycles. The molecule has 1 aromatic heterocycles. The molecule has 0 aliphatic heterocycles. The standard InChI is InChI=1S/C11H20N6OS/c1-11(2,9(12)14-18)6-3-7-19-10-13-15-16-17(10)8-4-5-8/h8,18H,3-7H2,1-2H3,(H2,12,14). The Morgan fingerprint density at radius 1 is 1.58 bits per heavy atom. The number of aromatic nitrogens is 4. The Balaban J connectivity index is 1.76. The molecule has 8 heteroatoms. The topological polar surface area (TPSA) is 102 Å². The van der Waals surface area contributed by atoms with Gasteiger partial charge >= 0.3 is 0 Å². The third-order valence-corrected chi connectivity index (χ3v) is 4.35. The van der Waals surface area contributed by atoms with Gasteiger partial charge in [-0.3, -0.25) is 0 Å². The van der Waals surface area contributed by atoms with Crippen LogP contribution in [0.15, 0.2) is 10.3 Å². The van der Waals surface area contributed by atoms with Crippen LogP contribution in [0.5, 0.6) is 0 Å². The Labute approximate surface area is 116 Å². The van der Waals surface area contributed by atoms with Crippen molar-refractivity contribution in [3.63, 3.8) is 0 Å². The highest BCUT2D eigenvalue weighted by molar-refractivity contribution is 7.99. The Bertz CT molecular complexity index is 454. The van der Waals surface area contributed by atoms with Crippen molar-refractivity contribution in [2.45, 2.75) is 50.7 Å². The minimum Gasteiger partial charge on any atom is -0.409 e. The molecule has 7 nitrogen and oxygen atoms in total. The zero-order valence-electron chi connectivity index (χ0n) is 11.3. The summed E-state index contributed by atoms with van der Waals surface area (Å²) < 4.78 is 1.92. The van der Waals surface area contributed by atoms with E-state index in [9.17, 15) is 0 Å². The fraction of sp³-hybridized carbons (Fsp3) is 0.818. The average molecular weight is 284 g/mol. The quantitative estimate of drug-likeness (QED) is 0.197. The number of rotatable bonds is 7. The fourth-order valence-corrected chi connectivity index (χ4v) is 2.65. The summed E-state index contributed by atoms with van der Waals surface area (Å²) in [5.41, 5.74) is 5.38. The van der Waals surface area contributed by atoms with Crippen molar-refractivity contribution < 1.29 is 5.21 Å². The van der Waals surface area contributed by atoms with Gasteiger partial charge in [0.2, 0.25) is 5.16 Å². The van der Waals surface area contributed by atoms with Crippen molar-refractivity contribution in [3.8, 4) is 0 Å². The first-order valence-electron chi connectivity index (χ1n) is 6.43. The van der Waals surface area contributed by atoms with Gasteiger partial charge < -0.3 is 10.9 Å². The van der Waals surface area contributed by atoms with Crippen LogP contribution in [-0.4, -0.2) is 37.0 Å². The summed E-state index contributed by atoms with van der Waals surface area (Å²) in [7, 11) is 0. The van der Waals surface area contributed by atoms with Crippen molar-refractivity contribution in [1.82, 2.24) is 20.2 Å². The lowest BCUT2D eigenvalue weighted by Crippen LogP contribution is -2.31. The van der Waals surface area contributed by atoms with Gasteiger partial charge in [-0.05, 0) is 36.1 Å². The third kappa shape index (κ3) is 3.59. The number of hydrogen-bond acceptors (Lipinski definition) is 6. The maximum Gasteiger partial charge on any atom is 0.209 e. The van der Waals surface area contributed by atoms with Crippen LogP contribution in [0.4, 0.5) is 0 Å². The van der Waals surface area contributed by atoms with Gasteiger partial charge in [0.05, 0.1) is 6.04 Å². The van der Waals surface area contributed by atoms with Gasteiger partial charge in [0.1, 0.15) is 5.84 Å². The highest BCUT2D eigenvalue weighted by Crippen LogP contribution is 2.36. The van der Waals surface area contributed by atoms with E-state index in [0.29, 0.717) is 6.04 Å². The second-order valence-corrected chi connectivity index (χ2v) is 6.52. The van der Waals surface area contributed by atoms with Crippen LogP contribution < -0.4 is 5.73 Å². The van der Waals surface area contributed by atoms with Gasteiger partial charge in [-0.2, -0.15) is 0 Å². The smallest absolute Gasteiger partial charge is 0.209 e. The van der Waals surface area contributed by atoms with Crippen LogP contribution in [0.1, 0.15) is 45.6 Å². The monoisotopic (exact) mass is 284 g/mol. The predicted molar refractivity (Wildman–Crippen MR) is 73.2 cm³/mol. The molecule has 19 heavy (non-hydrogen) atoms. The van der Waals surface area contributed by atoms with E-state index in [0.717, 1.165) is 23.8 Å². The number of oxime groups is 1. The average Bonchev–Trinajstić information content (AvgIpc) is 3.13. The van der Waals surface area contributed by atoms with Crippen molar-refractivity contribution in [3.05, 3.63) is 0 Å². The van der Waals surface area contributed by atoms with Gasteiger partial charge in [0, 0.05) is 11.2 Å². The molecule has 0 aromatic carbocycles. The second kappa shape index (κ2) is 5.77. The molecule has 2 rings (SSSR count). The summed E-state index contributed by atoms with van der Waals surface area (Å²) in [5.74, 6) is 1.20. The molecule has 1 aliphatic rings. The lowest BCUT2D eigenvalue weighted by molar-refractivity contribution is 0.305. The van der Waals surface area contributed by atoms with E-state index < -0.39 is 0 Å². The van der Waals surface area contributed by atoms with Crippen LogP contribution >= 0.6 is 11.8 Å². The van der Waals surface area contributed by atoms with Crippen LogP contribution in [0.3, 0.4) is 0 Å². The van der Waals surface area contributed by atoms with Gasteiger partial charge in [0.25, 0.3) is 0 Å². The summed E-state index contributed by atoms with van der Waals surface area (Å²) in [4.78, 5) is 0. The molecule has 3 N–H and O–H groups in total. The van der Waals surface area contributed by atoms with Crippen molar-refractivity contribution in [1.29, 1.82) is 0 Å². The van der Waals surface area contributed by atoms with E-state index in [2.05, 4.69) is 20.7 Å². The van der Waals surface area contributed by atoms with E-state index in [-0.39, 0.29) is 11.3 Å². The number of nitrogens with two attached hydrogens (primary N) is 1. The highest BCUT2D eigenvalue weighted by atomic mass is 32.2. The number of hydrogen-bond donors (Lipinski definition) is 2. The van der Waals surface area contributed by atoms with Crippen molar-refractivity contribution >= 4 is 17.6 Å². The second-order valence-electron chi connectivity index (χ2n) is 5.46. The minimum absolute atomic E-state index is 0.278. The summed E-state index contributed by atoms with van der Waals surface area (Å²) >= 11 is 1.67. The van der Waals surface area contributed by atoms with Gasteiger partial charge in [0.15, 0.2) is 0 Å². The zero-order chi connectivity index (χ0) is 13.9. The third-order valence-electron chi connectivity index (χ3n) is 3.33. The van der Waals surface area contributed by atoms with E-state index in [1.165, 1.54) is 12.8 Å². The molecule has 0 amide bonds. The first-order valence-corrected chi connectivity index (χ1v) is 7.42. The first-order chi connectivity index (χ1) is 9.04. The van der Waals surface area contributed by atoms with E-state index >= 15 is 0 Å². The van der Waals surface area contributed by atoms with Gasteiger partial charge in [-0.15, -0.1) is 5.10 Å². The lowest BCUT2D eigenvalue weighted by Gasteiger charge is -2.22. The molecule has 0 saturated heterocycles. The van der Waals surface area contributed by atoms with Crippen molar-refractivity contribution in [2.75, 3.05) is 5.75 Å². The molecule has 0 spiro atoms. The van der Waals surface area contributed by atoms with Crippen LogP contribution in [0.25, 0.3) is 0 Å². The minimum atomic E-state index is -0.280. The summed E-state index contributed by atoms with van der Waals surface area (Å²) in [6.45, 7) is 3.95. The first kappa shape index (κ1) is 14.1. The summed E-state index contributed by atoms with van der Waals surface area (Å²) in [6, 6.07) is 0.506. The maximum absolute atomic E-state index is 8.71. The summed E-state index contributed by atoms with van der Waals surface area (Å²) in [6.07, 6.45) is 4.18. The van der Waals surface area contributed by atoms with Crippen molar-refractivity contribution in [2.24, 2.45) is 16.3 Å². The van der Waals surface area contributed by atoms with Crippen LogP contribution in [0, 0.1) is 5.41 Å². The van der Waals surface area contributed by atoms with Gasteiger partial charge in [-0.1, -0.05) is 30.8 Å². The molecule has 0 radical (unpaired) electrons. The van der Waals surface area contributed by atoms with E-state index in [4.69, 9.17) is 10.9 Å². The molecule has 1 fully saturated rings. The molecular formula is C11H20N6OS. The number of thioether (sulfide) groups is 1. The maximum atomic E-state index is 8.71. The number of amidine groups is 1. The number of tetrazole rings is 1. The van der Waals surface area contributed by atoms with E-state index in [1.807, 2.05) is 18.5 Å². The normalized spacial score (nSPS) is 16.8. The number of nitrogens with zero attached hydrogens (tertiary/aromatic N) is 5. The zero-order valence-corrected chi connectivity index (χ0v) is 12.1. The molecule has 1 aromatic rings. The summed E-state index contributed by atoms with van der Waals surface area (Å²) in [5, 5.41) is 24.5. The Hall–Kier alpha value is -1.31. The molecule has 1 saturated carbocycles. The van der Waals surface area contributed by atoms with Gasteiger partial charge in [-0.25, -0.2) is 4.68 Å². The Morgan fingerprint density at radius 2 is 2.32 bits per heavy atom. The lowest BCUT2D eigenvalue weighted by atomic mass is 9.87. The molecule has 1 aliphatic carbocycles. The van der Waals surface area contributed by atoms with Crippen LogP contribution in [-0.2, 0) is 0 Å². The Morgan fingerprint density at radius 3 is 2.95 bits per heavy atom. The highest BCUT2D eigenvalue weighted by Gasteiger charge is 2.28. The fourth-order valence-electron chi connectivity index (χ4n) is 1.77. The molecule has 0 bridgehead atoms. The molecular weight excluding hydrogens is 264 g/mol. The molecule has 0 unspecified atom stereocenters. The molecule has 0 atom stereocenters. The molecule has 106 valence electrons. The largest absolute Gasteiger partial charge is 0.409 e. The predicted octanol–water partition coefficient (Wildman–Crippen LogP) is 1.65. The van der Waals surface area contributed by atoms with E-state index in [1.54, 1.807) is 11.8 Å². The Kier molecular flexibility index (Phi) is 4.28. The SMILES string of the molecule is CC(C)(CCCSc1nnnn1C1CC1)C(N)=NO.